The normalized spacial score (nSPS) is 9.46. The zero-order valence-corrected chi connectivity index (χ0v) is 37.9. The van der Waals surface area contributed by atoms with Crippen LogP contribution >= 0.6 is 0 Å². The number of rotatable bonds is 2. The second-order valence-corrected chi connectivity index (χ2v) is 10.3. The molecular formula is C49H40Y3-6. The molecule has 0 saturated carbocycles. The Bertz CT molecular complexity index is 1860. The van der Waals surface area contributed by atoms with Gasteiger partial charge in [0, 0.05) is 98.1 Å². The van der Waals surface area contributed by atoms with Crippen LogP contribution in [0.3, 0.4) is 0 Å². The van der Waals surface area contributed by atoms with Gasteiger partial charge >= 0.3 is 0 Å². The van der Waals surface area contributed by atoms with Crippen LogP contribution in [-0.2, 0) is 98.1 Å². The molecule has 0 saturated heterocycles. The van der Waals surface area contributed by atoms with Crippen molar-refractivity contribution in [2.24, 2.45) is 0 Å². The van der Waals surface area contributed by atoms with Gasteiger partial charge < -0.3 is 28.7 Å². The van der Waals surface area contributed by atoms with Gasteiger partial charge in [-0.1, -0.05) is 109 Å². The Hall–Kier alpha value is -2.93. The van der Waals surface area contributed by atoms with E-state index in [1.54, 1.807) is 12.1 Å². The van der Waals surface area contributed by atoms with E-state index in [1.807, 2.05) is 121 Å². The van der Waals surface area contributed by atoms with E-state index in [-0.39, 0.29) is 98.1 Å². The fourth-order valence-electron chi connectivity index (χ4n) is 4.05. The Morgan fingerprint density at radius 1 is 0.404 bits per heavy atom. The molecule has 52 heavy (non-hydrogen) atoms. The van der Waals surface area contributed by atoms with Crippen LogP contribution in [0, 0.1) is 24.8 Å². The van der Waals surface area contributed by atoms with Gasteiger partial charge in [-0.2, -0.15) is 60.7 Å². The molecule has 0 unspecified atom stereocenters. The van der Waals surface area contributed by atoms with Crippen LogP contribution in [0.1, 0.15) is 12.0 Å². The Morgan fingerprint density at radius 2 is 0.750 bits per heavy atom. The van der Waals surface area contributed by atoms with Gasteiger partial charge in [-0.25, -0.2) is 35.4 Å². The molecule has 251 valence electrons. The van der Waals surface area contributed by atoms with Crippen molar-refractivity contribution in [1.82, 2.24) is 0 Å². The van der Waals surface area contributed by atoms with E-state index in [9.17, 15) is 0 Å². The maximum Gasteiger partial charge on any atom is 0 e. The number of fused-ring (bicyclic) bond motifs is 1. The summed E-state index contributed by atoms with van der Waals surface area (Å²) in [5, 5.41) is 3.91. The van der Waals surface area contributed by atoms with Crippen molar-refractivity contribution < 1.29 is 98.1 Å². The molecule has 8 rings (SSSR count). The van der Waals surface area contributed by atoms with Crippen molar-refractivity contribution in [2.45, 2.75) is 6.42 Å². The van der Waals surface area contributed by atoms with Crippen molar-refractivity contribution >= 4 is 30.0 Å². The third-order valence-electron chi connectivity index (χ3n) is 6.60. The molecule has 0 aliphatic heterocycles. The van der Waals surface area contributed by atoms with Crippen LogP contribution in [0.25, 0.3) is 41.1 Å². The van der Waals surface area contributed by atoms with Crippen molar-refractivity contribution in [2.75, 3.05) is 0 Å². The van der Waals surface area contributed by atoms with Crippen molar-refractivity contribution in [3.8, 4) is 11.1 Å². The number of hydrogen-bond acceptors (Lipinski definition) is 0. The molecule has 0 atom stereocenters. The zero-order valence-electron chi connectivity index (χ0n) is 29.4. The SMILES string of the molecule is C1=CCC=C1.[CH-]=Cc1[c-]cccc1.[CH-]=c1ccccc1=[CH-].[Y].[Y].[Y].[c-]1ccccc1-c1[c-]cccc1.c1ccc2ccccc2c1.c1ccccc1. The first-order chi connectivity index (χ1) is 24.2. The second-order valence-electron chi connectivity index (χ2n) is 10.3. The first-order valence-electron chi connectivity index (χ1n) is 16.0. The van der Waals surface area contributed by atoms with Crippen LogP contribution < -0.4 is 10.4 Å². The summed E-state index contributed by atoms with van der Waals surface area (Å²) in [6.45, 7) is 16.0. The van der Waals surface area contributed by atoms with Gasteiger partial charge in [0.1, 0.15) is 0 Å². The first kappa shape index (κ1) is 49.1. The molecule has 3 heteroatoms. The molecule has 1 aliphatic rings. The van der Waals surface area contributed by atoms with Crippen molar-refractivity contribution in [3.05, 3.63) is 247 Å². The molecule has 7 aromatic rings. The smallest absolute Gasteiger partial charge is 0 e. The summed E-state index contributed by atoms with van der Waals surface area (Å²) in [7, 11) is 0. The standard InChI is InChI=1S/C12H8.C10H8.2C8H6.C6H6.C5H6.3Y/c1-3-7-11(8-4-1)12-9-5-2-6-10-12;1-2-6-10-8-4-3-7-9(10)5-1;1-7-5-3-4-6-8(7)2;1-2-8-6-4-3-5-7-8;1-2-4-6-5-3-1;1-2-4-5-3-1;;;/h1-7,9H;1-8H;2*1-6H;1-6H;1-4H,5H2;;;/q-2;;2*-2;;;;;. The third kappa shape index (κ3) is 22.2. The molecular weight excluding hydrogens is 855 g/mol. The summed E-state index contributed by atoms with van der Waals surface area (Å²) in [5.41, 5.74) is 3.13. The van der Waals surface area contributed by atoms with Crippen LogP contribution in [0.4, 0.5) is 0 Å². The minimum absolute atomic E-state index is 0. The molecule has 0 aromatic heterocycles. The fraction of sp³-hybridized carbons (Fsp3) is 0.0204. The Labute approximate surface area is 387 Å². The summed E-state index contributed by atoms with van der Waals surface area (Å²) in [6, 6.07) is 68.6. The summed E-state index contributed by atoms with van der Waals surface area (Å²) in [6.07, 6.45) is 11.0. The summed E-state index contributed by atoms with van der Waals surface area (Å²) >= 11 is 0. The van der Waals surface area contributed by atoms with Gasteiger partial charge in [0.25, 0.3) is 0 Å². The Balaban J connectivity index is 0.000000606. The van der Waals surface area contributed by atoms with Crippen LogP contribution in [-0.4, -0.2) is 0 Å². The average molecular weight is 896 g/mol. The maximum atomic E-state index is 5.39. The third-order valence-corrected chi connectivity index (χ3v) is 6.60. The molecule has 0 N–H and O–H groups in total. The van der Waals surface area contributed by atoms with Gasteiger partial charge in [0.15, 0.2) is 0 Å². The van der Waals surface area contributed by atoms with E-state index in [0.717, 1.165) is 23.1 Å². The van der Waals surface area contributed by atoms with E-state index in [0.29, 0.717) is 10.4 Å². The van der Waals surface area contributed by atoms with Gasteiger partial charge in [0.2, 0.25) is 0 Å². The predicted octanol–water partition coefficient (Wildman–Crippen LogP) is 11.2. The van der Waals surface area contributed by atoms with E-state index in [2.05, 4.69) is 91.0 Å². The molecule has 0 nitrogen and oxygen atoms in total. The Morgan fingerprint density at radius 3 is 1.00 bits per heavy atom. The molecule has 0 amide bonds. The minimum Gasteiger partial charge on any atom is -0.344 e. The molecule has 1 aliphatic carbocycles. The Kier molecular flexibility index (Phi) is 30.9. The maximum absolute atomic E-state index is 5.39. The van der Waals surface area contributed by atoms with Crippen molar-refractivity contribution in [3.63, 3.8) is 0 Å². The molecule has 0 spiro atoms. The largest absolute Gasteiger partial charge is 0.344 e. The van der Waals surface area contributed by atoms with E-state index < -0.39 is 0 Å². The molecule has 3 radical (unpaired) electrons. The van der Waals surface area contributed by atoms with E-state index >= 15 is 0 Å². The molecule has 0 fully saturated rings. The number of allylic oxidation sites excluding steroid dienone is 4. The van der Waals surface area contributed by atoms with Gasteiger partial charge in [-0.05, 0) is 17.2 Å². The quantitative estimate of drug-likeness (QED) is 0.152. The van der Waals surface area contributed by atoms with E-state index in [1.165, 1.54) is 16.8 Å². The second kappa shape index (κ2) is 32.7. The molecule has 0 bridgehead atoms. The van der Waals surface area contributed by atoms with E-state index in [4.69, 9.17) is 19.7 Å². The summed E-state index contributed by atoms with van der Waals surface area (Å²) in [4.78, 5) is 0. The van der Waals surface area contributed by atoms with Gasteiger partial charge in [-0.3, -0.25) is 13.2 Å². The average Bonchev–Trinajstić information content (AvgIpc) is 3.80. The molecule has 7 aromatic carbocycles. The van der Waals surface area contributed by atoms with Gasteiger partial charge in [-0.15, -0.1) is 30.3 Å². The van der Waals surface area contributed by atoms with Crippen LogP contribution in [0.5, 0.6) is 0 Å². The fourth-order valence-corrected chi connectivity index (χ4v) is 4.05. The number of hydrogen-bond donors (Lipinski definition) is 0. The first-order valence-corrected chi connectivity index (χ1v) is 16.0. The predicted molar refractivity (Wildman–Crippen MR) is 212 cm³/mol. The summed E-state index contributed by atoms with van der Waals surface area (Å²) in [5.74, 6) is 0. The minimum atomic E-state index is 0. The topological polar surface area (TPSA) is 0 Å². The van der Waals surface area contributed by atoms with Gasteiger partial charge in [0.05, 0.1) is 0 Å². The molecule has 0 heterocycles. The number of benzene rings is 7. The van der Waals surface area contributed by atoms with Crippen LogP contribution in [0.15, 0.2) is 206 Å². The van der Waals surface area contributed by atoms with Crippen molar-refractivity contribution in [1.29, 1.82) is 0 Å². The zero-order chi connectivity index (χ0) is 34.6. The monoisotopic (exact) mass is 895 g/mol. The summed E-state index contributed by atoms with van der Waals surface area (Å²) < 4.78 is 0. The van der Waals surface area contributed by atoms with Crippen LogP contribution in [0.2, 0.25) is 0 Å².